The van der Waals surface area contributed by atoms with Crippen LogP contribution in [0.4, 0.5) is 0 Å². The number of esters is 1. The molecule has 0 aliphatic carbocycles. The molecule has 0 fully saturated rings. The maximum atomic E-state index is 12.6. The molecule has 0 aromatic rings. The summed E-state index contributed by atoms with van der Waals surface area (Å²) in [4.78, 5) is 35.1. The molecule has 1 atom stereocenters. The number of carbonyl (C=O) groups is 3. The molecule has 8 nitrogen and oxygen atoms in total. The highest BCUT2D eigenvalue weighted by atomic mass is 35.5. The first-order valence-corrected chi connectivity index (χ1v) is 9.67. The van der Waals surface area contributed by atoms with Crippen LogP contribution in [0, 0.1) is 0 Å². The zero-order chi connectivity index (χ0) is 19.0. The van der Waals surface area contributed by atoms with Gasteiger partial charge in [-0.15, -0.1) is 12.4 Å². The van der Waals surface area contributed by atoms with E-state index in [1.807, 2.05) is 13.8 Å². The van der Waals surface area contributed by atoms with Crippen LogP contribution in [0.5, 0.6) is 0 Å². The molecule has 0 heterocycles. The van der Waals surface area contributed by atoms with Gasteiger partial charge in [0.25, 0.3) is 0 Å². The molecule has 0 aliphatic heterocycles. The topological polar surface area (TPSA) is 147 Å². The smallest absolute Gasteiger partial charge is 0.305 e. The van der Waals surface area contributed by atoms with E-state index in [1.54, 1.807) is 0 Å². The third kappa shape index (κ3) is 7.70. The van der Waals surface area contributed by atoms with Crippen molar-refractivity contribution in [1.82, 2.24) is 0 Å². The van der Waals surface area contributed by atoms with E-state index >= 15 is 0 Å². The summed E-state index contributed by atoms with van der Waals surface area (Å²) in [7, 11) is -2.65. The van der Waals surface area contributed by atoms with Crippen molar-refractivity contribution in [1.29, 1.82) is 0 Å². The van der Waals surface area contributed by atoms with Crippen molar-refractivity contribution in [3.63, 3.8) is 0 Å². The fourth-order valence-corrected chi connectivity index (χ4v) is 4.78. The van der Waals surface area contributed by atoms with E-state index in [2.05, 4.69) is 4.74 Å². The zero-order valence-electron chi connectivity index (χ0n) is 14.9. The van der Waals surface area contributed by atoms with Crippen molar-refractivity contribution in [3.05, 3.63) is 0 Å². The molecule has 10 heteroatoms. The third-order valence-corrected chi connectivity index (χ3v) is 6.22. The lowest BCUT2D eigenvalue weighted by atomic mass is 9.93. The second-order valence-corrected chi connectivity index (χ2v) is 8.12. The van der Waals surface area contributed by atoms with Crippen LogP contribution in [-0.4, -0.2) is 49.7 Å². The molecule has 0 saturated carbocycles. The Morgan fingerprint density at radius 1 is 1.08 bits per heavy atom. The maximum absolute atomic E-state index is 12.6. The van der Waals surface area contributed by atoms with Crippen LogP contribution in [-0.2, 0) is 29.0 Å². The highest BCUT2D eigenvalue weighted by Crippen LogP contribution is 2.20. The molecule has 0 aliphatic rings. The molecule has 1 amide bonds. The fourth-order valence-electron chi connectivity index (χ4n) is 2.41. The summed E-state index contributed by atoms with van der Waals surface area (Å²) < 4.78 is 29.6. The van der Waals surface area contributed by atoms with Crippen molar-refractivity contribution in [2.45, 2.75) is 63.2 Å². The molecule has 148 valence electrons. The molecule has 0 saturated heterocycles. The minimum Gasteiger partial charge on any atom is -0.469 e. The van der Waals surface area contributed by atoms with Gasteiger partial charge in [0.05, 0.1) is 24.5 Å². The monoisotopic (exact) mass is 400 g/mol. The lowest BCUT2D eigenvalue weighted by Crippen LogP contribution is -2.63. The lowest BCUT2D eigenvalue weighted by Gasteiger charge is -2.27. The van der Waals surface area contributed by atoms with Crippen LogP contribution in [0.25, 0.3) is 0 Å². The average molecular weight is 401 g/mol. The Bertz CT molecular complexity index is 560. The molecule has 0 spiro atoms. The maximum Gasteiger partial charge on any atom is 0.305 e. The molecule has 25 heavy (non-hydrogen) atoms. The Balaban J connectivity index is 0. The molecular weight excluding hydrogens is 372 g/mol. The molecule has 0 aromatic carbocycles. The van der Waals surface area contributed by atoms with Crippen molar-refractivity contribution < 1.29 is 27.5 Å². The summed E-state index contributed by atoms with van der Waals surface area (Å²) in [5, 5.41) is -0.678. The first kappa shape index (κ1) is 26.0. The number of rotatable bonds is 12. The van der Waals surface area contributed by atoms with E-state index in [-0.39, 0.29) is 18.8 Å². The van der Waals surface area contributed by atoms with Gasteiger partial charge in [0, 0.05) is 6.42 Å². The number of ether oxygens (including phenoxy) is 1. The van der Waals surface area contributed by atoms with Gasteiger partial charge in [-0.25, -0.2) is 8.42 Å². The zero-order valence-corrected chi connectivity index (χ0v) is 16.6. The fraction of sp³-hybridized carbons (Fsp3) is 0.800. The number of Topliss-reactive ketones (excluding diaryl/α,β-unsaturated/α-hetero) is 1. The van der Waals surface area contributed by atoms with Crippen LogP contribution in [0.15, 0.2) is 0 Å². The largest absolute Gasteiger partial charge is 0.469 e. The van der Waals surface area contributed by atoms with Crippen LogP contribution in [0.2, 0.25) is 0 Å². The summed E-state index contributed by atoms with van der Waals surface area (Å²) >= 11 is 0. The van der Waals surface area contributed by atoms with Gasteiger partial charge in [0.15, 0.2) is 21.2 Å². The van der Waals surface area contributed by atoms with Gasteiger partial charge < -0.3 is 16.2 Å². The number of ketones is 1. The summed E-state index contributed by atoms with van der Waals surface area (Å²) in [6.07, 6.45) is 1.42. The average Bonchev–Trinajstić information content (AvgIpc) is 2.51. The number of nitrogens with two attached hydrogens (primary N) is 2. The molecule has 0 bridgehead atoms. The summed E-state index contributed by atoms with van der Waals surface area (Å²) in [5.41, 5.74) is 8.63. The molecule has 0 rings (SSSR count). The van der Waals surface area contributed by atoms with Gasteiger partial charge in [-0.3, -0.25) is 14.4 Å². The summed E-state index contributed by atoms with van der Waals surface area (Å²) in [5.74, 6) is -3.60. The minimum atomic E-state index is -3.80. The van der Waals surface area contributed by atoms with Crippen LogP contribution in [0.1, 0.15) is 52.4 Å². The van der Waals surface area contributed by atoms with Gasteiger partial charge in [-0.2, -0.15) is 0 Å². The first-order chi connectivity index (χ1) is 11.0. The Morgan fingerprint density at radius 2 is 1.56 bits per heavy atom. The predicted octanol–water partition coefficient (Wildman–Crippen LogP) is 0.497. The Kier molecular flexibility index (Phi) is 11.9. The second-order valence-electron chi connectivity index (χ2n) is 5.84. The third-order valence-electron chi connectivity index (χ3n) is 3.88. The molecular formula is C15H29ClN2O6S. The SMILES string of the molecule is CCCC(CCC)S(=O)(=O)C[C@](N)(C(N)=O)C(=O)CCC(=O)OC.Cl. The second kappa shape index (κ2) is 11.4. The molecule has 0 radical (unpaired) electrons. The van der Waals surface area contributed by atoms with E-state index in [4.69, 9.17) is 11.5 Å². The number of sulfone groups is 1. The number of hydrogen-bond acceptors (Lipinski definition) is 7. The van der Waals surface area contributed by atoms with E-state index in [9.17, 15) is 22.8 Å². The normalized spacial score (nSPS) is 13.6. The quantitative estimate of drug-likeness (QED) is 0.358. The summed E-state index contributed by atoms with van der Waals surface area (Å²) in [6, 6.07) is 0. The number of carbonyl (C=O) groups excluding carboxylic acids is 3. The van der Waals surface area contributed by atoms with Crippen LogP contribution < -0.4 is 11.5 Å². The molecule has 0 aromatic heterocycles. The van der Waals surface area contributed by atoms with Crippen LogP contribution >= 0.6 is 12.4 Å². The van der Waals surface area contributed by atoms with E-state index in [1.165, 1.54) is 0 Å². The number of amides is 1. The number of methoxy groups -OCH3 is 1. The minimum absolute atomic E-state index is 0. The van der Waals surface area contributed by atoms with E-state index in [0.29, 0.717) is 25.7 Å². The first-order valence-electron chi connectivity index (χ1n) is 7.95. The number of primary amides is 1. The van der Waals surface area contributed by atoms with Crippen molar-refractivity contribution in [2.24, 2.45) is 11.5 Å². The van der Waals surface area contributed by atoms with Gasteiger partial charge in [0.2, 0.25) is 5.91 Å². The standard InChI is InChI=1S/C15H28N2O6S.ClH/c1-4-6-11(7-5-2)24(21,22)10-15(17,14(16)20)12(18)8-9-13(19)23-3;/h11H,4-10,17H2,1-3H3,(H2,16,20);1H/t15-;/m1./s1. The van der Waals surface area contributed by atoms with Gasteiger partial charge in [-0.05, 0) is 12.8 Å². The summed E-state index contributed by atoms with van der Waals surface area (Å²) in [6.45, 7) is 3.70. The van der Waals surface area contributed by atoms with E-state index in [0.717, 1.165) is 7.11 Å². The Labute approximate surface area is 155 Å². The molecule has 4 N–H and O–H groups in total. The van der Waals surface area contributed by atoms with Crippen molar-refractivity contribution in [3.8, 4) is 0 Å². The highest BCUT2D eigenvalue weighted by Gasteiger charge is 2.45. The Morgan fingerprint density at radius 3 is 1.92 bits per heavy atom. The van der Waals surface area contributed by atoms with Crippen LogP contribution in [0.3, 0.4) is 0 Å². The number of halogens is 1. The lowest BCUT2D eigenvalue weighted by molar-refractivity contribution is -0.143. The van der Waals surface area contributed by atoms with Crippen molar-refractivity contribution >= 4 is 39.9 Å². The van der Waals surface area contributed by atoms with Gasteiger partial charge >= 0.3 is 5.97 Å². The van der Waals surface area contributed by atoms with E-state index < -0.39 is 50.5 Å². The van der Waals surface area contributed by atoms with Crippen molar-refractivity contribution in [2.75, 3.05) is 12.9 Å². The van der Waals surface area contributed by atoms with Gasteiger partial charge in [-0.1, -0.05) is 26.7 Å². The predicted molar refractivity (Wildman–Crippen MR) is 97.0 cm³/mol. The van der Waals surface area contributed by atoms with Gasteiger partial charge in [0.1, 0.15) is 0 Å². The highest BCUT2D eigenvalue weighted by molar-refractivity contribution is 7.92. The number of hydrogen-bond donors (Lipinski definition) is 2. The molecule has 0 unspecified atom stereocenters. The Hall–Kier alpha value is -1.19.